The van der Waals surface area contributed by atoms with Crippen LogP contribution in [0.1, 0.15) is 38.8 Å². The Hall–Kier alpha value is -3.16. The first-order valence-corrected chi connectivity index (χ1v) is 7.11. The zero-order chi connectivity index (χ0) is 17.9. The maximum absolute atomic E-state index is 8.64. The summed E-state index contributed by atoms with van der Waals surface area (Å²) in [6, 6.07) is 7.46. The van der Waals surface area contributed by atoms with Crippen LogP contribution in [-0.2, 0) is 0 Å². The summed E-state index contributed by atoms with van der Waals surface area (Å²) in [7, 11) is 0. The van der Waals surface area contributed by atoms with Crippen molar-refractivity contribution in [1.82, 2.24) is 0 Å². The third kappa shape index (κ3) is 6.30. The molecule has 1 rings (SSSR count). The summed E-state index contributed by atoms with van der Waals surface area (Å²) in [5, 5.41) is 39.2. The molecule has 0 atom stereocenters. The molecule has 0 aromatic heterocycles. The molecule has 0 saturated heterocycles. The van der Waals surface area contributed by atoms with Gasteiger partial charge >= 0.3 is 0 Å². The van der Waals surface area contributed by atoms with Gasteiger partial charge in [-0.15, -0.1) is 0 Å². The normalized spacial score (nSPS) is 14.8. The fourth-order valence-corrected chi connectivity index (χ4v) is 1.37. The highest BCUT2D eigenvalue weighted by molar-refractivity contribution is 6.40. The second-order valence-corrected chi connectivity index (χ2v) is 4.90. The van der Waals surface area contributed by atoms with Gasteiger partial charge in [0.2, 0.25) is 0 Å². The lowest BCUT2D eigenvalue weighted by Gasteiger charge is -1.96. The Kier molecular flexibility index (Phi) is 7.69. The van der Waals surface area contributed by atoms with Gasteiger partial charge < -0.3 is 10.4 Å². The number of benzene rings is 1. The highest BCUT2D eigenvalue weighted by Gasteiger charge is 1.96. The minimum atomic E-state index is 0.406. The van der Waals surface area contributed by atoms with Crippen LogP contribution in [-0.4, -0.2) is 45.7 Å². The van der Waals surface area contributed by atoms with Gasteiger partial charge in [0, 0.05) is 0 Å². The van der Waals surface area contributed by atoms with Gasteiger partial charge in [-0.3, -0.25) is 0 Å². The van der Waals surface area contributed by atoms with Crippen LogP contribution in [0.25, 0.3) is 0 Å². The molecule has 0 heterocycles. The Morgan fingerprint density at radius 1 is 0.750 bits per heavy atom. The third-order valence-electron chi connectivity index (χ3n) is 3.09. The first-order chi connectivity index (χ1) is 11.5. The van der Waals surface area contributed by atoms with Gasteiger partial charge in [-0.05, 0) is 44.9 Å². The van der Waals surface area contributed by atoms with Crippen LogP contribution >= 0.6 is 0 Å². The number of nitrogens with zero attached hydrogens (tertiary/aromatic N) is 6. The average molecular weight is 328 g/mol. The van der Waals surface area contributed by atoms with Crippen LogP contribution in [0.2, 0.25) is 0 Å². The molecule has 0 aliphatic carbocycles. The van der Waals surface area contributed by atoms with Gasteiger partial charge in [0.15, 0.2) is 0 Å². The Labute approximate surface area is 140 Å². The summed E-state index contributed by atoms with van der Waals surface area (Å²) >= 11 is 0. The lowest BCUT2D eigenvalue weighted by atomic mass is 10.1. The van der Waals surface area contributed by atoms with Crippen molar-refractivity contribution in [3.8, 4) is 0 Å². The molecule has 0 aliphatic rings. The van der Waals surface area contributed by atoms with Crippen molar-refractivity contribution in [2.75, 3.05) is 0 Å². The van der Waals surface area contributed by atoms with Crippen LogP contribution in [0.15, 0.2) is 55.0 Å². The van der Waals surface area contributed by atoms with Crippen molar-refractivity contribution < 1.29 is 10.4 Å². The van der Waals surface area contributed by atoms with Gasteiger partial charge in [-0.1, -0.05) is 28.5 Å². The van der Waals surface area contributed by atoms with E-state index in [1.165, 1.54) is 0 Å². The van der Waals surface area contributed by atoms with Gasteiger partial charge in [0.25, 0.3) is 0 Å². The van der Waals surface area contributed by atoms with E-state index in [1.54, 1.807) is 40.1 Å². The molecule has 0 saturated carbocycles. The van der Waals surface area contributed by atoms with E-state index in [0.29, 0.717) is 22.8 Å². The predicted molar refractivity (Wildman–Crippen MR) is 97.6 cm³/mol. The van der Waals surface area contributed by atoms with Crippen molar-refractivity contribution in [3.63, 3.8) is 0 Å². The van der Waals surface area contributed by atoms with E-state index >= 15 is 0 Å². The monoisotopic (exact) mass is 328 g/mol. The first kappa shape index (κ1) is 18.9. The molecule has 0 fully saturated rings. The molecule has 24 heavy (non-hydrogen) atoms. The molecule has 2 N–H and O–H groups in total. The van der Waals surface area contributed by atoms with Crippen LogP contribution in [0.3, 0.4) is 0 Å². The van der Waals surface area contributed by atoms with E-state index in [1.807, 2.05) is 24.3 Å². The van der Waals surface area contributed by atoms with Gasteiger partial charge in [-0.2, -0.15) is 20.4 Å². The summed E-state index contributed by atoms with van der Waals surface area (Å²) in [4.78, 5) is 0. The van der Waals surface area contributed by atoms with Gasteiger partial charge in [-0.25, -0.2) is 0 Å². The molecule has 8 heteroatoms. The molecule has 8 nitrogen and oxygen atoms in total. The Bertz CT molecular complexity index is 685. The second kappa shape index (κ2) is 9.78. The van der Waals surface area contributed by atoms with Crippen LogP contribution in [0, 0.1) is 0 Å². The molecule has 1 aromatic carbocycles. The minimum Gasteiger partial charge on any atom is -0.411 e. The molecule has 0 radical (unpaired) electrons. The molecule has 126 valence electrons. The summed E-state index contributed by atoms with van der Waals surface area (Å²) in [6.45, 7) is 6.68. The Balaban J connectivity index is 2.84. The zero-order valence-corrected chi connectivity index (χ0v) is 14.0. The quantitative estimate of drug-likeness (QED) is 0.475. The van der Waals surface area contributed by atoms with E-state index in [-0.39, 0.29) is 0 Å². The average Bonchev–Trinajstić information content (AvgIpc) is 2.60. The first-order valence-electron chi connectivity index (χ1n) is 7.11. The molecular formula is C16H20N6O2. The van der Waals surface area contributed by atoms with E-state index < -0.39 is 0 Å². The summed E-state index contributed by atoms with van der Waals surface area (Å²) < 4.78 is 0. The van der Waals surface area contributed by atoms with Crippen LogP contribution in [0.4, 0.5) is 0 Å². The molecular weight excluding hydrogens is 308 g/mol. The summed E-state index contributed by atoms with van der Waals surface area (Å²) in [6.07, 6.45) is 3.17. The molecule has 0 bridgehead atoms. The van der Waals surface area contributed by atoms with Crippen molar-refractivity contribution >= 4 is 35.3 Å². The minimum absolute atomic E-state index is 0.406. The van der Waals surface area contributed by atoms with E-state index in [9.17, 15) is 0 Å². The smallest absolute Gasteiger partial charge is 0.0994 e. The van der Waals surface area contributed by atoms with E-state index in [4.69, 9.17) is 10.4 Å². The zero-order valence-electron chi connectivity index (χ0n) is 14.0. The summed E-state index contributed by atoms with van der Waals surface area (Å²) in [5.74, 6) is 0. The maximum atomic E-state index is 8.64. The topological polar surface area (TPSA) is 115 Å². The second-order valence-electron chi connectivity index (χ2n) is 4.90. The molecule has 0 unspecified atom stereocenters. The van der Waals surface area contributed by atoms with Crippen molar-refractivity contribution in [2.45, 2.75) is 27.7 Å². The summed E-state index contributed by atoms with van der Waals surface area (Å²) in [5.41, 5.74) is 3.53. The fraction of sp³-hybridized carbons (Fsp3) is 0.250. The maximum Gasteiger partial charge on any atom is 0.0994 e. The Morgan fingerprint density at radius 3 is 1.54 bits per heavy atom. The van der Waals surface area contributed by atoms with E-state index in [2.05, 4.69) is 30.7 Å². The van der Waals surface area contributed by atoms with Crippen molar-refractivity contribution in [2.24, 2.45) is 30.7 Å². The SMILES string of the molecule is CC(=N\O)/C(C)=N/N=C/c1cccc(/C=N/N=C(C)/C(C)=N/O)c1. The number of oxime groups is 2. The Morgan fingerprint density at radius 2 is 1.17 bits per heavy atom. The highest BCUT2D eigenvalue weighted by atomic mass is 16.4. The number of hydrogen-bond acceptors (Lipinski definition) is 8. The fourth-order valence-electron chi connectivity index (χ4n) is 1.37. The number of rotatable bonds is 6. The molecule has 0 spiro atoms. The third-order valence-corrected chi connectivity index (χ3v) is 3.09. The van der Waals surface area contributed by atoms with Gasteiger partial charge in [0.1, 0.15) is 0 Å². The van der Waals surface area contributed by atoms with Gasteiger partial charge in [0.05, 0.1) is 35.3 Å². The van der Waals surface area contributed by atoms with Crippen LogP contribution in [0.5, 0.6) is 0 Å². The lowest BCUT2D eigenvalue weighted by Crippen LogP contribution is -2.04. The molecule has 1 aromatic rings. The van der Waals surface area contributed by atoms with Crippen molar-refractivity contribution in [3.05, 3.63) is 35.4 Å². The molecule has 0 aliphatic heterocycles. The number of hydrogen-bond donors (Lipinski definition) is 2. The largest absolute Gasteiger partial charge is 0.411 e. The molecule has 0 amide bonds. The van der Waals surface area contributed by atoms with Crippen molar-refractivity contribution in [1.29, 1.82) is 0 Å². The lowest BCUT2D eigenvalue weighted by molar-refractivity contribution is 0.319. The van der Waals surface area contributed by atoms with Crippen LogP contribution < -0.4 is 0 Å². The standard InChI is InChI=1S/C16H20N6O2/c1-11(13(3)21-23)19-17-9-15-6-5-7-16(8-15)10-18-20-12(2)14(4)22-24/h5-10,23-24H,1-4H3/b17-9+,18-10+,19-11+,20-12+,21-13+,22-14+. The van der Waals surface area contributed by atoms with E-state index in [0.717, 1.165) is 11.1 Å². The predicted octanol–water partition coefficient (Wildman–Crippen LogP) is 2.98. The highest BCUT2D eigenvalue weighted by Crippen LogP contribution is 2.01.